The zero-order chi connectivity index (χ0) is 20.6. The summed E-state index contributed by atoms with van der Waals surface area (Å²) in [4.78, 5) is 23.9. The number of aromatic carboxylic acids is 1. The highest BCUT2D eigenvalue weighted by atomic mass is 16.4. The van der Waals surface area contributed by atoms with Gasteiger partial charge in [0.1, 0.15) is 11.3 Å². The second kappa shape index (κ2) is 6.95. The summed E-state index contributed by atoms with van der Waals surface area (Å²) in [5.41, 5.74) is 3.02. The molecule has 0 radical (unpaired) electrons. The van der Waals surface area contributed by atoms with Crippen molar-refractivity contribution in [1.29, 1.82) is 0 Å². The largest absolute Gasteiger partial charge is 0.478 e. The number of aromatic nitrogens is 4. The smallest absolute Gasteiger partial charge is 0.339 e. The van der Waals surface area contributed by atoms with E-state index in [0.29, 0.717) is 22.8 Å². The number of rotatable bonds is 4. The number of hydrogen-bond donors (Lipinski definition) is 2. The number of nitrogens with one attached hydrogen (secondary N) is 1. The van der Waals surface area contributed by atoms with Crippen molar-refractivity contribution in [2.24, 2.45) is 7.05 Å². The molecule has 0 fully saturated rings. The summed E-state index contributed by atoms with van der Waals surface area (Å²) in [7, 11) is 1.74. The summed E-state index contributed by atoms with van der Waals surface area (Å²) >= 11 is 0. The first kappa shape index (κ1) is 19.3. The third-order valence-corrected chi connectivity index (χ3v) is 4.47. The minimum Gasteiger partial charge on any atom is -0.478 e. The molecule has 3 aromatic rings. The van der Waals surface area contributed by atoms with E-state index in [2.05, 4.69) is 15.5 Å². The Morgan fingerprint density at radius 3 is 2.46 bits per heavy atom. The van der Waals surface area contributed by atoms with Crippen LogP contribution < -0.4 is 5.32 Å². The zero-order valence-electron chi connectivity index (χ0n) is 16.5. The second-order valence-electron chi connectivity index (χ2n) is 7.65. The zero-order valence-corrected chi connectivity index (χ0v) is 16.5. The maximum absolute atomic E-state index is 12.7. The standard InChI is InChI=1S/C20H23N5O3/c1-12-15(19(27)28)11-21-25(12)14-8-6-7-13(9-14)22-18(26)16-10-17(20(2,3)4)23-24(16)5/h6-11H,1-5H3,(H,22,26)(H,27,28). The van der Waals surface area contributed by atoms with E-state index in [9.17, 15) is 14.7 Å². The van der Waals surface area contributed by atoms with Crippen LogP contribution in [0, 0.1) is 6.92 Å². The van der Waals surface area contributed by atoms with Crippen LogP contribution in [0.15, 0.2) is 36.5 Å². The third-order valence-electron chi connectivity index (χ3n) is 4.47. The molecule has 8 nitrogen and oxygen atoms in total. The van der Waals surface area contributed by atoms with E-state index in [0.717, 1.165) is 5.69 Å². The molecule has 1 aromatic carbocycles. The van der Waals surface area contributed by atoms with Gasteiger partial charge in [0.2, 0.25) is 0 Å². The number of nitrogens with zero attached hydrogens (tertiary/aromatic N) is 4. The predicted octanol–water partition coefficient (Wildman–Crippen LogP) is 3.16. The molecule has 28 heavy (non-hydrogen) atoms. The van der Waals surface area contributed by atoms with Crippen molar-refractivity contribution >= 4 is 17.6 Å². The average molecular weight is 381 g/mol. The van der Waals surface area contributed by atoms with Gasteiger partial charge in [-0.3, -0.25) is 9.48 Å². The molecule has 0 aliphatic carbocycles. The van der Waals surface area contributed by atoms with Gasteiger partial charge in [-0.05, 0) is 31.2 Å². The lowest BCUT2D eigenvalue weighted by atomic mass is 9.92. The highest BCUT2D eigenvalue weighted by Crippen LogP contribution is 2.22. The van der Waals surface area contributed by atoms with Crippen molar-refractivity contribution in [3.05, 3.63) is 59.2 Å². The Kier molecular flexibility index (Phi) is 4.80. The van der Waals surface area contributed by atoms with Crippen LogP contribution in [-0.4, -0.2) is 36.5 Å². The van der Waals surface area contributed by atoms with Gasteiger partial charge in [0.05, 0.1) is 23.3 Å². The fourth-order valence-corrected chi connectivity index (χ4v) is 2.84. The Morgan fingerprint density at radius 2 is 1.89 bits per heavy atom. The number of hydrogen-bond acceptors (Lipinski definition) is 4. The average Bonchev–Trinajstić information content (AvgIpc) is 3.18. The van der Waals surface area contributed by atoms with Gasteiger partial charge in [-0.1, -0.05) is 26.8 Å². The number of carbonyl (C=O) groups is 2. The van der Waals surface area contributed by atoms with Crippen LogP contribution in [0.2, 0.25) is 0 Å². The Morgan fingerprint density at radius 1 is 1.18 bits per heavy atom. The topological polar surface area (TPSA) is 102 Å². The predicted molar refractivity (Wildman–Crippen MR) is 105 cm³/mol. The molecule has 146 valence electrons. The molecular formula is C20H23N5O3. The monoisotopic (exact) mass is 381 g/mol. The Balaban J connectivity index is 1.87. The van der Waals surface area contributed by atoms with Crippen molar-refractivity contribution in [3.8, 4) is 5.69 Å². The quantitative estimate of drug-likeness (QED) is 0.723. The van der Waals surface area contributed by atoms with Crippen molar-refractivity contribution < 1.29 is 14.7 Å². The van der Waals surface area contributed by atoms with Gasteiger partial charge in [-0.2, -0.15) is 10.2 Å². The fraction of sp³-hybridized carbons (Fsp3) is 0.300. The summed E-state index contributed by atoms with van der Waals surface area (Å²) in [5, 5.41) is 20.6. The maximum atomic E-state index is 12.7. The number of aryl methyl sites for hydroxylation is 1. The van der Waals surface area contributed by atoms with E-state index < -0.39 is 5.97 Å². The van der Waals surface area contributed by atoms with E-state index >= 15 is 0 Å². The summed E-state index contributed by atoms with van der Waals surface area (Å²) in [6.07, 6.45) is 1.31. The van der Waals surface area contributed by atoms with Gasteiger partial charge in [0.15, 0.2) is 0 Å². The lowest BCUT2D eigenvalue weighted by Gasteiger charge is -2.13. The fourth-order valence-electron chi connectivity index (χ4n) is 2.84. The lowest BCUT2D eigenvalue weighted by molar-refractivity contribution is 0.0696. The molecule has 0 aliphatic heterocycles. The van der Waals surface area contributed by atoms with Gasteiger partial charge in [0.25, 0.3) is 5.91 Å². The number of anilines is 1. The van der Waals surface area contributed by atoms with Crippen LogP contribution in [0.5, 0.6) is 0 Å². The Labute approximate surface area is 162 Å². The molecule has 2 heterocycles. The van der Waals surface area contributed by atoms with Crippen molar-refractivity contribution in [2.75, 3.05) is 5.32 Å². The molecular weight excluding hydrogens is 358 g/mol. The molecule has 2 aromatic heterocycles. The molecule has 0 atom stereocenters. The first-order valence-corrected chi connectivity index (χ1v) is 8.82. The van der Waals surface area contributed by atoms with Gasteiger partial charge in [0, 0.05) is 18.2 Å². The Bertz CT molecular complexity index is 1060. The Hall–Kier alpha value is -3.42. The van der Waals surface area contributed by atoms with Gasteiger partial charge in [-0.15, -0.1) is 0 Å². The second-order valence-corrected chi connectivity index (χ2v) is 7.65. The lowest BCUT2D eigenvalue weighted by Crippen LogP contribution is -2.16. The van der Waals surface area contributed by atoms with Crippen LogP contribution in [0.4, 0.5) is 5.69 Å². The van der Waals surface area contributed by atoms with E-state index in [4.69, 9.17) is 0 Å². The van der Waals surface area contributed by atoms with Gasteiger partial charge >= 0.3 is 5.97 Å². The molecule has 8 heteroatoms. The summed E-state index contributed by atoms with van der Waals surface area (Å²) in [5.74, 6) is -1.30. The number of carboxylic acids is 1. The number of carbonyl (C=O) groups excluding carboxylic acids is 1. The minimum atomic E-state index is -1.03. The van der Waals surface area contributed by atoms with Crippen molar-refractivity contribution in [2.45, 2.75) is 33.1 Å². The third kappa shape index (κ3) is 3.66. The maximum Gasteiger partial charge on any atom is 0.339 e. The highest BCUT2D eigenvalue weighted by Gasteiger charge is 2.22. The molecule has 0 spiro atoms. The summed E-state index contributed by atoms with van der Waals surface area (Å²) < 4.78 is 3.09. The SMILES string of the molecule is Cc1c(C(=O)O)cnn1-c1cccc(NC(=O)c2cc(C(C)(C)C)nn2C)c1. The minimum absolute atomic E-state index is 0.138. The molecule has 0 bridgehead atoms. The van der Waals surface area contributed by atoms with Crippen LogP contribution in [0.25, 0.3) is 5.69 Å². The number of amides is 1. The van der Waals surface area contributed by atoms with E-state index in [1.165, 1.54) is 10.9 Å². The van der Waals surface area contributed by atoms with Crippen molar-refractivity contribution in [3.63, 3.8) is 0 Å². The van der Waals surface area contributed by atoms with E-state index in [1.54, 1.807) is 49.0 Å². The number of benzene rings is 1. The van der Waals surface area contributed by atoms with Gasteiger partial charge in [-0.25, -0.2) is 9.48 Å². The van der Waals surface area contributed by atoms with Crippen LogP contribution >= 0.6 is 0 Å². The molecule has 0 aliphatic rings. The van der Waals surface area contributed by atoms with Crippen LogP contribution in [0.1, 0.15) is 53.0 Å². The van der Waals surface area contributed by atoms with Crippen LogP contribution in [-0.2, 0) is 12.5 Å². The van der Waals surface area contributed by atoms with Gasteiger partial charge < -0.3 is 10.4 Å². The van der Waals surface area contributed by atoms with Crippen molar-refractivity contribution in [1.82, 2.24) is 19.6 Å². The highest BCUT2D eigenvalue weighted by molar-refractivity contribution is 6.03. The molecule has 3 rings (SSSR count). The van der Waals surface area contributed by atoms with E-state index in [-0.39, 0.29) is 16.9 Å². The summed E-state index contributed by atoms with van der Waals surface area (Å²) in [6, 6.07) is 8.86. The first-order valence-electron chi connectivity index (χ1n) is 8.82. The molecule has 2 N–H and O–H groups in total. The van der Waals surface area contributed by atoms with E-state index in [1.807, 2.05) is 20.8 Å². The molecule has 0 saturated heterocycles. The molecule has 1 amide bonds. The molecule has 0 unspecified atom stereocenters. The normalized spacial score (nSPS) is 11.5. The first-order chi connectivity index (χ1) is 13.1. The summed E-state index contributed by atoms with van der Waals surface area (Å²) in [6.45, 7) is 7.81. The van der Waals surface area contributed by atoms with Crippen LogP contribution in [0.3, 0.4) is 0 Å². The number of carboxylic acid groups (broad SMARTS) is 1. The molecule has 0 saturated carbocycles.